The molecular formula is C12H13FIN3O. The highest BCUT2D eigenvalue weighted by molar-refractivity contribution is 14.1. The number of halogens is 2. The molecule has 6 aliphatic rings. The molecule has 6 fully saturated rings. The third-order valence-corrected chi connectivity index (χ3v) is 8.16. The molecular weight excluding hydrogens is 348 g/mol. The van der Waals surface area contributed by atoms with Crippen molar-refractivity contribution in [2.45, 2.75) is 16.0 Å². The molecule has 0 aliphatic heterocycles. The number of hydrogen-bond donors (Lipinski definition) is 2. The van der Waals surface area contributed by atoms with Crippen molar-refractivity contribution in [3.8, 4) is 0 Å². The summed E-state index contributed by atoms with van der Waals surface area (Å²) in [6, 6.07) is -0.653. The maximum absolute atomic E-state index is 15.4. The minimum absolute atomic E-state index is 0.0324. The van der Waals surface area contributed by atoms with E-state index in [0.29, 0.717) is 23.7 Å². The van der Waals surface area contributed by atoms with Crippen molar-refractivity contribution in [3.05, 3.63) is 0 Å². The highest BCUT2D eigenvalue weighted by Gasteiger charge is 2.89. The van der Waals surface area contributed by atoms with Crippen LogP contribution in [0.2, 0.25) is 0 Å². The predicted molar refractivity (Wildman–Crippen MR) is 70.8 cm³/mol. The quantitative estimate of drug-likeness (QED) is 0.413. The molecule has 0 aromatic carbocycles. The molecule has 6 bridgehead atoms. The van der Waals surface area contributed by atoms with Gasteiger partial charge in [-0.1, -0.05) is 22.6 Å². The summed E-state index contributed by atoms with van der Waals surface area (Å²) in [6.45, 7) is 0. The Bertz CT molecular complexity index is 523. The van der Waals surface area contributed by atoms with Gasteiger partial charge in [-0.2, -0.15) is 5.10 Å². The summed E-state index contributed by atoms with van der Waals surface area (Å²) in [4.78, 5) is 10.8. The van der Waals surface area contributed by atoms with E-state index in [-0.39, 0.29) is 21.7 Å². The molecule has 6 rings (SSSR count). The Balaban J connectivity index is 1.67. The first-order chi connectivity index (χ1) is 8.56. The van der Waals surface area contributed by atoms with Gasteiger partial charge in [0.25, 0.3) is 0 Å². The maximum atomic E-state index is 15.4. The fraction of sp³-hybridized carbons (Fsp3) is 0.833. The lowest BCUT2D eigenvalue weighted by Crippen LogP contribution is -2.42. The second-order valence-corrected chi connectivity index (χ2v) is 7.83. The van der Waals surface area contributed by atoms with E-state index in [1.165, 1.54) is 6.42 Å². The van der Waals surface area contributed by atoms with Gasteiger partial charge in [-0.05, 0) is 30.1 Å². The number of alkyl halides is 2. The van der Waals surface area contributed by atoms with E-state index in [1.54, 1.807) is 0 Å². The van der Waals surface area contributed by atoms with Gasteiger partial charge in [0.1, 0.15) is 5.67 Å². The summed E-state index contributed by atoms with van der Waals surface area (Å²) < 4.78 is 15.6. The van der Waals surface area contributed by atoms with Gasteiger partial charge < -0.3 is 5.73 Å². The van der Waals surface area contributed by atoms with Crippen molar-refractivity contribution in [2.24, 2.45) is 52.3 Å². The lowest BCUT2D eigenvalue weighted by Gasteiger charge is -2.36. The first-order valence-corrected chi connectivity index (χ1v) is 7.77. The number of amides is 2. The molecule has 96 valence electrons. The number of rotatable bonds is 1. The molecule has 9 atom stereocenters. The molecule has 0 spiro atoms. The lowest BCUT2D eigenvalue weighted by molar-refractivity contribution is 0.0218. The van der Waals surface area contributed by atoms with E-state index < -0.39 is 11.7 Å². The summed E-state index contributed by atoms with van der Waals surface area (Å²) in [5.74, 6) is 2.70. The lowest BCUT2D eigenvalue weighted by atomic mass is 9.70. The van der Waals surface area contributed by atoms with Gasteiger partial charge in [0.05, 0.1) is 0 Å². The van der Waals surface area contributed by atoms with Crippen LogP contribution in [0.3, 0.4) is 0 Å². The largest absolute Gasteiger partial charge is 0.350 e. The molecule has 6 saturated carbocycles. The average Bonchev–Trinajstić information content (AvgIpc) is 2.99. The molecule has 3 N–H and O–H groups in total. The molecule has 0 aromatic rings. The maximum Gasteiger partial charge on any atom is 0.332 e. The third kappa shape index (κ3) is 0.750. The van der Waals surface area contributed by atoms with Gasteiger partial charge in [0.15, 0.2) is 0 Å². The van der Waals surface area contributed by atoms with Gasteiger partial charge in [-0.25, -0.2) is 14.6 Å². The molecule has 0 aromatic heterocycles. The highest BCUT2D eigenvalue weighted by atomic mass is 127. The molecule has 0 heterocycles. The first-order valence-electron chi connectivity index (χ1n) is 6.52. The molecule has 0 unspecified atom stereocenters. The van der Waals surface area contributed by atoms with Gasteiger partial charge in [-0.15, -0.1) is 0 Å². The van der Waals surface area contributed by atoms with Crippen LogP contribution in [0.25, 0.3) is 0 Å². The van der Waals surface area contributed by atoms with Crippen molar-refractivity contribution in [1.29, 1.82) is 0 Å². The number of hydrazone groups is 1. The normalized spacial score (nSPS) is 66.9. The Labute approximate surface area is 117 Å². The Morgan fingerprint density at radius 2 is 2.28 bits per heavy atom. The van der Waals surface area contributed by atoms with Crippen LogP contribution in [0.15, 0.2) is 5.10 Å². The molecule has 4 nitrogen and oxygen atoms in total. The third-order valence-electron chi connectivity index (χ3n) is 6.38. The molecule has 6 aliphatic carbocycles. The van der Waals surface area contributed by atoms with E-state index in [1.807, 2.05) is 0 Å². The van der Waals surface area contributed by atoms with E-state index in [9.17, 15) is 4.79 Å². The van der Waals surface area contributed by atoms with Crippen LogP contribution in [0.4, 0.5) is 9.18 Å². The Kier molecular flexibility index (Phi) is 1.57. The minimum atomic E-state index is -1.05. The molecule has 6 heteroatoms. The topological polar surface area (TPSA) is 67.5 Å². The summed E-state index contributed by atoms with van der Waals surface area (Å²) in [5, 5.41) is 4.17. The number of carbonyl (C=O) groups is 1. The zero-order chi connectivity index (χ0) is 12.4. The number of nitrogens with one attached hydrogen (secondary N) is 1. The highest BCUT2D eigenvalue weighted by Crippen LogP contribution is 2.85. The van der Waals surface area contributed by atoms with E-state index in [0.717, 1.165) is 5.71 Å². The summed E-state index contributed by atoms with van der Waals surface area (Å²) in [7, 11) is 0. The fourth-order valence-corrected chi connectivity index (χ4v) is 8.26. The van der Waals surface area contributed by atoms with Crippen LogP contribution < -0.4 is 11.2 Å². The van der Waals surface area contributed by atoms with Crippen LogP contribution in [0.1, 0.15) is 6.42 Å². The van der Waals surface area contributed by atoms with Crippen LogP contribution in [-0.2, 0) is 0 Å². The molecule has 0 radical (unpaired) electrons. The number of nitrogens with two attached hydrogens (primary N) is 1. The zero-order valence-electron chi connectivity index (χ0n) is 9.51. The van der Waals surface area contributed by atoms with Crippen LogP contribution in [-0.4, -0.2) is 21.3 Å². The average molecular weight is 361 g/mol. The Morgan fingerprint density at radius 1 is 1.50 bits per heavy atom. The van der Waals surface area contributed by atoms with E-state index in [2.05, 4.69) is 33.1 Å². The monoisotopic (exact) mass is 361 g/mol. The molecule has 2 amide bonds. The molecule has 18 heavy (non-hydrogen) atoms. The number of primary amides is 1. The van der Waals surface area contributed by atoms with Crippen molar-refractivity contribution in [3.63, 3.8) is 0 Å². The van der Waals surface area contributed by atoms with Gasteiger partial charge in [0.2, 0.25) is 0 Å². The first kappa shape index (κ1) is 10.4. The van der Waals surface area contributed by atoms with Crippen LogP contribution in [0.5, 0.6) is 0 Å². The van der Waals surface area contributed by atoms with E-state index in [4.69, 9.17) is 5.73 Å². The Morgan fingerprint density at radius 3 is 2.94 bits per heavy atom. The fourth-order valence-electron chi connectivity index (χ4n) is 6.44. The molecule has 0 saturated heterocycles. The van der Waals surface area contributed by atoms with Gasteiger partial charge in [0, 0.05) is 27.4 Å². The Hall–Kier alpha value is -0.400. The summed E-state index contributed by atoms with van der Waals surface area (Å²) in [5.41, 5.74) is 7.26. The minimum Gasteiger partial charge on any atom is -0.350 e. The number of nitrogens with zero attached hydrogens (tertiary/aromatic N) is 1. The standard InChI is InChI=1S/C12H13FIN3O/c13-12-7-3-1-2-4(5(3)10(12)14)8(12)9(6(2)7)16-17-11(15)18/h2-8,10H,1H2,(H3,15,17,18)/b16-9+/t2-,3-,4+,5-,6-,7+,8+,10+,12+/m0/s1. The van der Waals surface area contributed by atoms with Crippen molar-refractivity contribution in [1.82, 2.24) is 5.43 Å². The SMILES string of the molecule is NC(=O)N/N=C1\[C@H]2[C@H]3C[C@H]4[C@H]5[C@@H]3[C@H]1[C@](F)([C@H]42)[C@@H]5I. The second kappa shape index (κ2) is 2.71. The predicted octanol–water partition coefficient (Wildman–Crippen LogP) is 1.29. The van der Waals surface area contributed by atoms with Gasteiger partial charge in [-0.3, -0.25) is 0 Å². The number of urea groups is 1. The zero-order valence-corrected chi connectivity index (χ0v) is 11.7. The van der Waals surface area contributed by atoms with Crippen molar-refractivity contribution in [2.75, 3.05) is 0 Å². The number of carbonyl (C=O) groups excluding carboxylic acids is 1. The number of hydrogen-bond acceptors (Lipinski definition) is 2. The van der Waals surface area contributed by atoms with Gasteiger partial charge >= 0.3 is 6.03 Å². The van der Waals surface area contributed by atoms with E-state index >= 15 is 4.39 Å². The van der Waals surface area contributed by atoms with Crippen LogP contribution in [0, 0.1) is 41.4 Å². The van der Waals surface area contributed by atoms with Crippen LogP contribution >= 0.6 is 22.6 Å². The van der Waals surface area contributed by atoms with Crippen molar-refractivity contribution >= 4 is 34.3 Å². The second-order valence-electron chi connectivity index (χ2n) is 6.49. The van der Waals surface area contributed by atoms with Crippen molar-refractivity contribution < 1.29 is 9.18 Å². The summed E-state index contributed by atoms with van der Waals surface area (Å²) >= 11 is 2.33. The summed E-state index contributed by atoms with van der Waals surface area (Å²) in [6.07, 6.45) is 1.18. The smallest absolute Gasteiger partial charge is 0.332 e.